The highest BCUT2D eigenvalue weighted by atomic mass is 32.2. The number of anilines is 1. The Hall–Kier alpha value is -1.04. The molecule has 1 N–H and O–H groups in total. The lowest BCUT2D eigenvalue weighted by molar-refractivity contribution is 0.516. The van der Waals surface area contributed by atoms with Gasteiger partial charge in [0.25, 0.3) is 0 Å². The van der Waals surface area contributed by atoms with E-state index in [1.807, 2.05) is 25.5 Å². The summed E-state index contributed by atoms with van der Waals surface area (Å²) >= 11 is 0. The molecule has 0 saturated carbocycles. The topological polar surface area (TPSA) is 64.0 Å². The molecule has 0 aromatic carbocycles. The zero-order chi connectivity index (χ0) is 14.1. The number of nitrogens with one attached hydrogen (secondary N) is 1. The maximum absolute atomic E-state index is 11.3. The van der Waals surface area contributed by atoms with E-state index < -0.39 is 9.84 Å². The van der Waals surface area contributed by atoms with Crippen molar-refractivity contribution < 1.29 is 8.42 Å². The number of rotatable bonds is 5. The van der Waals surface area contributed by atoms with Crippen LogP contribution >= 0.6 is 0 Å². The van der Waals surface area contributed by atoms with Gasteiger partial charge in [-0.05, 0) is 34.6 Å². The van der Waals surface area contributed by atoms with E-state index in [4.69, 9.17) is 0 Å². The summed E-state index contributed by atoms with van der Waals surface area (Å²) in [4.78, 5) is 0. The first-order chi connectivity index (χ1) is 8.11. The van der Waals surface area contributed by atoms with Crippen LogP contribution in [0, 0.1) is 13.8 Å². The van der Waals surface area contributed by atoms with E-state index in [-0.39, 0.29) is 11.8 Å². The van der Waals surface area contributed by atoms with E-state index >= 15 is 0 Å². The summed E-state index contributed by atoms with van der Waals surface area (Å²) in [5.41, 5.74) is 2.89. The van der Waals surface area contributed by atoms with Crippen LogP contribution in [-0.4, -0.2) is 36.2 Å². The van der Waals surface area contributed by atoms with E-state index in [0.717, 1.165) is 17.1 Å². The van der Waals surface area contributed by atoms with Crippen molar-refractivity contribution in [3.63, 3.8) is 0 Å². The van der Waals surface area contributed by atoms with Crippen molar-refractivity contribution in [2.45, 2.75) is 46.7 Å². The number of aromatic nitrogens is 2. The van der Waals surface area contributed by atoms with Crippen LogP contribution in [0.5, 0.6) is 0 Å². The molecule has 0 radical (unpaired) electrons. The number of hydrogen-bond donors (Lipinski definition) is 1. The summed E-state index contributed by atoms with van der Waals surface area (Å²) in [5, 5.41) is 7.71. The average molecular weight is 273 g/mol. The molecule has 0 saturated heterocycles. The van der Waals surface area contributed by atoms with Gasteiger partial charge in [0, 0.05) is 18.3 Å². The third-order valence-corrected chi connectivity index (χ3v) is 3.86. The molecular formula is C12H23N3O2S. The average Bonchev–Trinajstić information content (AvgIpc) is 2.42. The fraction of sp³-hybridized carbons (Fsp3) is 0.750. The Bertz CT molecular complexity index is 518. The molecule has 1 rings (SSSR count). The van der Waals surface area contributed by atoms with Gasteiger partial charge in [-0.2, -0.15) is 5.10 Å². The number of nitrogens with zero attached hydrogens (tertiary/aromatic N) is 2. The van der Waals surface area contributed by atoms with Crippen molar-refractivity contribution in [3.05, 3.63) is 11.4 Å². The van der Waals surface area contributed by atoms with Gasteiger partial charge in [-0.1, -0.05) is 0 Å². The predicted molar refractivity (Wildman–Crippen MR) is 74.9 cm³/mol. The molecule has 1 unspecified atom stereocenters. The third kappa shape index (κ3) is 3.73. The van der Waals surface area contributed by atoms with E-state index in [1.54, 1.807) is 0 Å². The second-order valence-corrected chi connectivity index (χ2v) is 7.41. The molecule has 1 heterocycles. The minimum absolute atomic E-state index is 0.123. The number of sulfone groups is 1. The van der Waals surface area contributed by atoms with Crippen LogP contribution in [0.3, 0.4) is 0 Å². The maximum atomic E-state index is 11.3. The van der Waals surface area contributed by atoms with E-state index in [0.29, 0.717) is 6.04 Å². The highest BCUT2D eigenvalue weighted by molar-refractivity contribution is 7.90. The summed E-state index contributed by atoms with van der Waals surface area (Å²) in [6.07, 6.45) is 1.25. The minimum Gasteiger partial charge on any atom is -0.379 e. The molecular weight excluding hydrogens is 250 g/mol. The standard InChI is InChI=1S/C12H23N3O2S/c1-8(2)15-11(5)12(10(4)14-15)13-9(3)7-18(6,16)17/h8-9,13H,7H2,1-6H3. The maximum Gasteiger partial charge on any atom is 0.149 e. The zero-order valence-corrected chi connectivity index (χ0v) is 12.8. The first-order valence-corrected chi connectivity index (χ1v) is 8.18. The second kappa shape index (κ2) is 5.30. The third-order valence-electron chi connectivity index (χ3n) is 2.76. The predicted octanol–water partition coefficient (Wildman–Crippen LogP) is 1.93. The molecule has 5 nitrogen and oxygen atoms in total. The SMILES string of the molecule is Cc1nn(C(C)C)c(C)c1NC(C)CS(C)(=O)=O. The van der Waals surface area contributed by atoms with Gasteiger partial charge < -0.3 is 5.32 Å². The Labute approximate surface area is 109 Å². The van der Waals surface area contributed by atoms with Crippen molar-refractivity contribution in [2.75, 3.05) is 17.3 Å². The van der Waals surface area contributed by atoms with Crippen LogP contribution in [0.1, 0.15) is 38.2 Å². The van der Waals surface area contributed by atoms with Gasteiger partial charge in [-0.3, -0.25) is 4.68 Å². The van der Waals surface area contributed by atoms with Gasteiger partial charge >= 0.3 is 0 Å². The normalized spacial score (nSPS) is 13.9. The Morgan fingerprint density at radius 1 is 1.28 bits per heavy atom. The Kier molecular flexibility index (Phi) is 4.42. The highest BCUT2D eigenvalue weighted by Gasteiger charge is 2.17. The second-order valence-electron chi connectivity index (χ2n) is 5.22. The molecule has 0 spiro atoms. The van der Waals surface area contributed by atoms with Crippen molar-refractivity contribution in [1.82, 2.24) is 9.78 Å². The molecule has 1 atom stereocenters. The first-order valence-electron chi connectivity index (χ1n) is 6.11. The van der Waals surface area contributed by atoms with Gasteiger partial charge in [0.15, 0.2) is 0 Å². The van der Waals surface area contributed by atoms with E-state index in [9.17, 15) is 8.42 Å². The van der Waals surface area contributed by atoms with Crippen LogP contribution in [-0.2, 0) is 9.84 Å². The van der Waals surface area contributed by atoms with Crippen LogP contribution in [0.4, 0.5) is 5.69 Å². The van der Waals surface area contributed by atoms with E-state index in [1.165, 1.54) is 6.26 Å². The molecule has 18 heavy (non-hydrogen) atoms. The largest absolute Gasteiger partial charge is 0.379 e. The summed E-state index contributed by atoms with van der Waals surface area (Å²) in [6, 6.07) is 0.173. The van der Waals surface area contributed by atoms with Crippen molar-refractivity contribution >= 4 is 15.5 Å². The molecule has 6 heteroatoms. The lowest BCUT2D eigenvalue weighted by Crippen LogP contribution is -2.25. The first kappa shape index (κ1) is 15.0. The molecule has 1 aromatic rings. The molecule has 1 aromatic heterocycles. The Morgan fingerprint density at radius 3 is 2.22 bits per heavy atom. The zero-order valence-electron chi connectivity index (χ0n) is 12.0. The molecule has 0 aliphatic rings. The van der Waals surface area contributed by atoms with Crippen LogP contribution in [0.15, 0.2) is 0 Å². The van der Waals surface area contributed by atoms with Crippen molar-refractivity contribution in [1.29, 1.82) is 0 Å². The van der Waals surface area contributed by atoms with Gasteiger partial charge in [-0.15, -0.1) is 0 Å². The quantitative estimate of drug-likeness (QED) is 0.890. The van der Waals surface area contributed by atoms with Gasteiger partial charge in [-0.25, -0.2) is 8.42 Å². The molecule has 0 aliphatic heterocycles. The number of aryl methyl sites for hydroxylation is 1. The molecule has 0 amide bonds. The molecule has 0 fully saturated rings. The summed E-state index contributed by atoms with van der Waals surface area (Å²) in [5.74, 6) is 0.124. The summed E-state index contributed by atoms with van der Waals surface area (Å²) in [7, 11) is -2.97. The monoisotopic (exact) mass is 273 g/mol. The smallest absolute Gasteiger partial charge is 0.149 e. The van der Waals surface area contributed by atoms with Gasteiger partial charge in [0.1, 0.15) is 9.84 Å². The summed E-state index contributed by atoms with van der Waals surface area (Å²) in [6.45, 7) is 9.94. The van der Waals surface area contributed by atoms with Crippen molar-refractivity contribution in [2.24, 2.45) is 0 Å². The molecule has 0 aliphatic carbocycles. The van der Waals surface area contributed by atoms with Crippen LogP contribution < -0.4 is 5.32 Å². The summed E-state index contributed by atoms with van der Waals surface area (Å²) < 4.78 is 24.5. The fourth-order valence-electron chi connectivity index (χ4n) is 2.12. The minimum atomic E-state index is -2.97. The lowest BCUT2D eigenvalue weighted by atomic mass is 10.2. The molecule has 0 bridgehead atoms. The lowest BCUT2D eigenvalue weighted by Gasteiger charge is -2.15. The van der Waals surface area contributed by atoms with Gasteiger partial charge in [0.05, 0.1) is 22.8 Å². The van der Waals surface area contributed by atoms with E-state index in [2.05, 4.69) is 24.3 Å². The molecule has 104 valence electrons. The Balaban J connectivity index is 2.92. The number of hydrogen-bond acceptors (Lipinski definition) is 4. The van der Waals surface area contributed by atoms with Crippen molar-refractivity contribution in [3.8, 4) is 0 Å². The van der Waals surface area contributed by atoms with Crippen LogP contribution in [0.2, 0.25) is 0 Å². The Morgan fingerprint density at radius 2 is 1.83 bits per heavy atom. The van der Waals surface area contributed by atoms with Gasteiger partial charge in [0.2, 0.25) is 0 Å². The fourth-order valence-corrected chi connectivity index (χ4v) is 3.11. The van der Waals surface area contributed by atoms with Crippen LogP contribution in [0.25, 0.3) is 0 Å². The highest BCUT2D eigenvalue weighted by Crippen LogP contribution is 2.23.